The Morgan fingerprint density at radius 2 is 2.00 bits per heavy atom. The molecule has 0 aliphatic rings. The molecule has 0 amide bonds. The summed E-state index contributed by atoms with van der Waals surface area (Å²) in [7, 11) is 1.49. The number of methoxy groups -OCH3 is 1. The molecule has 5 nitrogen and oxygen atoms in total. The second-order valence-corrected chi connectivity index (χ2v) is 4.89. The number of ether oxygens (including phenoxy) is 2. The van der Waals surface area contributed by atoms with Crippen LogP contribution >= 0.6 is 11.6 Å². The van der Waals surface area contributed by atoms with E-state index in [1.54, 1.807) is 18.2 Å². The normalized spacial score (nSPS) is 10.1. The zero-order valence-corrected chi connectivity index (χ0v) is 12.7. The molecule has 0 saturated heterocycles. The number of hydrogen-bond acceptors (Lipinski definition) is 5. The van der Waals surface area contributed by atoms with Gasteiger partial charge in [-0.15, -0.1) is 0 Å². The number of carboxylic acid groups (broad SMARTS) is 1. The SMILES string of the molecule is COc1cc(CNc2ccccc2Cl)ccc1OCC(=O)[O-]. The highest BCUT2D eigenvalue weighted by Crippen LogP contribution is 2.29. The minimum Gasteiger partial charge on any atom is -0.546 e. The van der Waals surface area contributed by atoms with Gasteiger partial charge in [-0.2, -0.15) is 0 Å². The van der Waals surface area contributed by atoms with E-state index in [0.717, 1.165) is 11.3 Å². The molecule has 116 valence electrons. The molecule has 22 heavy (non-hydrogen) atoms. The number of nitrogens with one attached hydrogen (secondary N) is 1. The van der Waals surface area contributed by atoms with Crippen LogP contribution in [0.3, 0.4) is 0 Å². The molecular formula is C16H15ClNO4-. The van der Waals surface area contributed by atoms with Gasteiger partial charge < -0.3 is 24.7 Å². The molecule has 0 radical (unpaired) electrons. The predicted molar refractivity (Wildman–Crippen MR) is 82.3 cm³/mol. The average Bonchev–Trinajstić information content (AvgIpc) is 2.52. The smallest absolute Gasteiger partial charge is 0.161 e. The first-order valence-corrected chi connectivity index (χ1v) is 6.96. The van der Waals surface area contributed by atoms with E-state index >= 15 is 0 Å². The third-order valence-electron chi connectivity index (χ3n) is 2.93. The highest BCUT2D eigenvalue weighted by molar-refractivity contribution is 6.33. The highest BCUT2D eigenvalue weighted by Gasteiger charge is 2.06. The summed E-state index contributed by atoms with van der Waals surface area (Å²) in [5.74, 6) is -0.473. The zero-order valence-electron chi connectivity index (χ0n) is 12.0. The van der Waals surface area contributed by atoms with Gasteiger partial charge in [0.05, 0.1) is 23.8 Å². The van der Waals surface area contributed by atoms with Gasteiger partial charge in [-0.3, -0.25) is 0 Å². The van der Waals surface area contributed by atoms with Crippen LogP contribution in [0.2, 0.25) is 5.02 Å². The predicted octanol–water partition coefficient (Wildman–Crippen LogP) is 2.09. The molecule has 0 atom stereocenters. The average molecular weight is 321 g/mol. The van der Waals surface area contributed by atoms with Crippen LogP contribution in [0.15, 0.2) is 42.5 Å². The van der Waals surface area contributed by atoms with Crippen LogP contribution in [0.25, 0.3) is 0 Å². The number of para-hydroxylation sites is 1. The van der Waals surface area contributed by atoms with Crippen LogP contribution in [0.4, 0.5) is 5.69 Å². The van der Waals surface area contributed by atoms with Gasteiger partial charge in [-0.05, 0) is 29.8 Å². The number of halogens is 1. The lowest BCUT2D eigenvalue weighted by molar-refractivity contribution is -0.307. The largest absolute Gasteiger partial charge is 0.546 e. The number of aliphatic carboxylic acids is 1. The summed E-state index contributed by atoms with van der Waals surface area (Å²) < 4.78 is 10.3. The van der Waals surface area contributed by atoms with E-state index in [4.69, 9.17) is 21.1 Å². The summed E-state index contributed by atoms with van der Waals surface area (Å²) in [5, 5.41) is 14.3. The van der Waals surface area contributed by atoms with Gasteiger partial charge in [0, 0.05) is 6.54 Å². The number of carboxylic acids is 1. The van der Waals surface area contributed by atoms with Crippen molar-refractivity contribution in [3.05, 3.63) is 53.1 Å². The first-order valence-electron chi connectivity index (χ1n) is 6.58. The van der Waals surface area contributed by atoms with Crippen LogP contribution < -0.4 is 19.9 Å². The van der Waals surface area contributed by atoms with E-state index in [1.165, 1.54) is 7.11 Å². The van der Waals surface area contributed by atoms with Crippen molar-refractivity contribution >= 4 is 23.3 Å². The van der Waals surface area contributed by atoms with E-state index < -0.39 is 12.6 Å². The molecule has 0 aliphatic heterocycles. The summed E-state index contributed by atoms with van der Waals surface area (Å²) in [5.41, 5.74) is 1.78. The molecule has 0 aromatic heterocycles. The Balaban J connectivity index is 2.06. The fourth-order valence-corrected chi connectivity index (χ4v) is 2.08. The van der Waals surface area contributed by atoms with Crippen molar-refractivity contribution in [1.82, 2.24) is 0 Å². The van der Waals surface area contributed by atoms with Gasteiger partial charge in [0.1, 0.15) is 6.61 Å². The third kappa shape index (κ3) is 4.30. The first-order chi connectivity index (χ1) is 10.6. The molecule has 0 unspecified atom stereocenters. The molecule has 0 bridgehead atoms. The molecular weight excluding hydrogens is 306 g/mol. The molecule has 6 heteroatoms. The van der Waals surface area contributed by atoms with Crippen molar-refractivity contribution in [3.8, 4) is 11.5 Å². The second-order valence-electron chi connectivity index (χ2n) is 4.48. The van der Waals surface area contributed by atoms with E-state index in [1.807, 2.05) is 24.3 Å². The number of carbonyl (C=O) groups excluding carboxylic acids is 1. The minimum absolute atomic E-state index is 0.355. The Morgan fingerprint density at radius 1 is 1.23 bits per heavy atom. The summed E-state index contributed by atoms with van der Waals surface area (Å²) in [6, 6.07) is 12.7. The summed E-state index contributed by atoms with van der Waals surface area (Å²) in [6.07, 6.45) is 0. The van der Waals surface area contributed by atoms with Gasteiger partial charge in [0.15, 0.2) is 11.5 Å². The Kier molecular flexibility index (Phi) is 5.49. The maximum Gasteiger partial charge on any atom is 0.161 e. The molecule has 0 aliphatic carbocycles. The van der Waals surface area contributed by atoms with Crippen LogP contribution in [-0.2, 0) is 11.3 Å². The lowest BCUT2D eigenvalue weighted by atomic mass is 10.2. The Labute approximate surface area is 133 Å². The number of carbonyl (C=O) groups is 1. The second kappa shape index (κ2) is 7.56. The van der Waals surface area contributed by atoms with E-state index in [2.05, 4.69) is 5.32 Å². The van der Waals surface area contributed by atoms with E-state index in [-0.39, 0.29) is 0 Å². The molecule has 2 aromatic carbocycles. The Morgan fingerprint density at radius 3 is 2.68 bits per heavy atom. The Bertz CT molecular complexity index is 660. The van der Waals surface area contributed by atoms with Gasteiger partial charge in [0.2, 0.25) is 0 Å². The van der Waals surface area contributed by atoms with Gasteiger partial charge in [-0.1, -0.05) is 29.8 Å². The molecule has 2 aromatic rings. The molecule has 0 fully saturated rings. The standard InChI is InChI=1S/C16H16ClNO4/c1-21-15-8-11(6-7-14(15)22-10-16(19)20)9-18-13-5-3-2-4-12(13)17/h2-8,18H,9-10H2,1H3,(H,19,20)/p-1. The monoisotopic (exact) mass is 320 g/mol. The number of hydrogen-bond donors (Lipinski definition) is 1. The third-order valence-corrected chi connectivity index (χ3v) is 3.26. The molecule has 2 rings (SSSR count). The zero-order chi connectivity index (χ0) is 15.9. The van der Waals surface area contributed by atoms with Crippen LogP contribution in [0, 0.1) is 0 Å². The fraction of sp³-hybridized carbons (Fsp3) is 0.188. The van der Waals surface area contributed by atoms with Crippen molar-refractivity contribution in [2.45, 2.75) is 6.54 Å². The lowest BCUT2D eigenvalue weighted by Gasteiger charge is -2.13. The van der Waals surface area contributed by atoms with Crippen molar-refractivity contribution in [2.24, 2.45) is 0 Å². The quantitative estimate of drug-likeness (QED) is 0.846. The topological polar surface area (TPSA) is 70.6 Å². The van der Waals surface area contributed by atoms with Crippen molar-refractivity contribution < 1.29 is 19.4 Å². The van der Waals surface area contributed by atoms with Crippen LogP contribution in [0.5, 0.6) is 11.5 Å². The van der Waals surface area contributed by atoms with Crippen LogP contribution in [0.1, 0.15) is 5.56 Å². The molecule has 0 heterocycles. The van der Waals surface area contributed by atoms with Crippen LogP contribution in [-0.4, -0.2) is 19.7 Å². The minimum atomic E-state index is -1.29. The summed E-state index contributed by atoms with van der Waals surface area (Å²) in [4.78, 5) is 10.4. The highest BCUT2D eigenvalue weighted by atomic mass is 35.5. The lowest BCUT2D eigenvalue weighted by Crippen LogP contribution is -2.29. The number of anilines is 1. The molecule has 0 saturated carbocycles. The fourth-order valence-electron chi connectivity index (χ4n) is 1.88. The number of benzene rings is 2. The van der Waals surface area contributed by atoms with Crippen molar-refractivity contribution in [2.75, 3.05) is 19.0 Å². The van der Waals surface area contributed by atoms with Crippen molar-refractivity contribution in [3.63, 3.8) is 0 Å². The van der Waals surface area contributed by atoms with Gasteiger partial charge >= 0.3 is 0 Å². The maximum absolute atomic E-state index is 10.4. The van der Waals surface area contributed by atoms with Gasteiger partial charge in [0.25, 0.3) is 0 Å². The van der Waals surface area contributed by atoms with Gasteiger partial charge in [-0.25, -0.2) is 0 Å². The Hall–Kier alpha value is -2.40. The van der Waals surface area contributed by atoms with E-state index in [9.17, 15) is 9.90 Å². The summed E-state index contributed by atoms with van der Waals surface area (Å²) in [6.45, 7) is 0.0223. The maximum atomic E-state index is 10.4. The molecule has 0 spiro atoms. The first kappa shape index (κ1) is 16.0. The van der Waals surface area contributed by atoms with Crippen molar-refractivity contribution in [1.29, 1.82) is 0 Å². The molecule has 1 N–H and O–H groups in total. The summed E-state index contributed by atoms with van der Waals surface area (Å²) >= 11 is 6.08. The number of rotatable bonds is 7. The van der Waals surface area contributed by atoms with E-state index in [0.29, 0.717) is 23.1 Å².